The second-order valence-electron chi connectivity index (χ2n) is 6.34. The van der Waals surface area contributed by atoms with Gasteiger partial charge in [0.05, 0.1) is 10.6 Å². The van der Waals surface area contributed by atoms with Gasteiger partial charge in [-0.05, 0) is 56.3 Å². The summed E-state index contributed by atoms with van der Waals surface area (Å²) in [5.41, 5.74) is 1.23. The average Bonchev–Trinajstić information content (AvgIpc) is 2.68. The molecule has 2 aromatic carbocycles. The fourth-order valence-electron chi connectivity index (χ4n) is 2.16. The van der Waals surface area contributed by atoms with Gasteiger partial charge < -0.3 is 14.4 Å². The molecule has 0 spiro atoms. The zero-order valence-electron chi connectivity index (χ0n) is 16.3. The molecule has 0 aromatic heterocycles. The van der Waals surface area contributed by atoms with Gasteiger partial charge in [0.15, 0.2) is 0 Å². The molecule has 0 aliphatic heterocycles. The smallest absolute Gasteiger partial charge is 0.338 e. The zero-order chi connectivity index (χ0) is 21.7. The van der Waals surface area contributed by atoms with Crippen LogP contribution in [0.25, 0.3) is 0 Å². The van der Waals surface area contributed by atoms with Gasteiger partial charge >= 0.3 is 11.9 Å². The largest absolute Gasteiger partial charge is 0.423 e. The van der Waals surface area contributed by atoms with Crippen LogP contribution in [-0.2, 0) is 9.59 Å². The van der Waals surface area contributed by atoms with Gasteiger partial charge in [-0.2, -0.15) is 0 Å². The maximum atomic E-state index is 12.9. The van der Waals surface area contributed by atoms with Crippen molar-refractivity contribution in [2.75, 3.05) is 11.9 Å². The Bertz CT molecular complexity index is 995. The predicted octanol–water partition coefficient (Wildman–Crippen LogP) is 4.58. The van der Waals surface area contributed by atoms with E-state index in [2.05, 4.69) is 13.2 Å². The normalized spacial score (nSPS) is 10.1. The molecule has 0 fully saturated rings. The van der Waals surface area contributed by atoms with E-state index in [1.165, 1.54) is 30.0 Å². The number of nitrogens with zero attached hydrogens (tertiary/aromatic N) is 1. The third kappa shape index (κ3) is 5.56. The molecule has 0 aliphatic carbocycles. The maximum absolute atomic E-state index is 12.9. The first kappa shape index (κ1) is 21.9. The number of benzene rings is 2. The molecule has 0 aliphatic rings. The quantitative estimate of drug-likeness (QED) is 0.393. The first-order valence-electron chi connectivity index (χ1n) is 8.53. The fourth-order valence-corrected chi connectivity index (χ4v) is 2.35. The van der Waals surface area contributed by atoms with E-state index in [4.69, 9.17) is 21.1 Å². The van der Waals surface area contributed by atoms with Crippen molar-refractivity contribution in [3.8, 4) is 11.5 Å². The Labute approximate surface area is 174 Å². The molecule has 150 valence electrons. The van der Waals surface area contributed by atoms with Crippen molar-refractivity contribution in [1.29, 1.82) is 0 Å². The monoisotopic (exact) mass is 413 g/mol. The lowest BCUT2D eigenvalue weighted by molar-refractivity contribution is -0.130. The van der Waals surface area contributed by atoms with Crippen molar-refractivity contribution in [1.82, 2.24) is 0 Å². The first-order chi connectivity index (χ1) is 13.6. The average molecular weight is 414 g/mol. The van der Waals surface area contributed by atoms with E-state index in [1.807, 2.05) is 0 Å². The van der Waals surface area contributed by atoms with E-state index in [1.54, 1.807) is 38.2 Å². The SMILES string of the molecule is C=C(C)C(=O)Oc1ccc(N(C)C(=O)c2cc(OC(=O)C(=C)C)ccc2Cl)cc1. The molecule has 0 bridgehead atoms. The molecule has 0 unspecified atom stereocenters. The van der Waals surface area contributed by atoms with E-state index in [0.717, 1.165) is 0 Å². The van der Waals surface area contributed by atoms with Crippen LogP contribution in [0.4, 0.5) is 5.69 Å². The summed E-state index contributed by atoms with van der Waals surface area (Å²) in [5, 5.41) is 0.212. The first-order valence-corrected chi connectivity index (χ1v) is 8.91. The van der Waals surface area contributed by atoms with Gasteiger partial charge in [0, 0.05) is 23.9 Å². The van der Waals surface area contributed by atoms with Crippen LogP contribution < -0.4 is 14.4 Å². The molecule has 0 heterocycles. The summed E-state index contributed by atoms with van der Waals surface area (Å²) >= 11 is 6.16. The number of rotatable bonds is 6. The fraction of sp³-hybridized carbons (Fsp3) is 0.136. The highest BCUT2D eigenvalue weighted by Crippen LogP contribution is 2.26. The van der Waals surface area contributed by atoms with Crippen molar-refractivity contribution in [3.63, 3.8) is 0 Å². The number of esters is 2. The Morgan fingerprint density at radius 3 is 1.86 bits per heavy atom. The molecule has 0 atom stereocenters. The van der Waals surface area contributed by atoms with Crippen LogP contribution in [0.1, 0.15) is 24.2 Å². The molecule has 7 heteroatoms. The number of hydrogen-bond acceptors (Lipinski definition) is 5. The summed E-state index contributed by atoms with van der Waals surface area (Å²) in [6.45, 7) is 10.1. The number of amides is 1. The minimum absolute atomic E-state index is 0.166. The van der Waals surface area contributed by atoms with Crippen molar-refractivity contribution in [3.05, 3.63) is 77.4 Å². The van der Waals surface area contributed by atoms with Gasteiger partial charge in [0.1, 0.15) is 11.5 Å². The molecular formula is C22H20ClNO5. The number of ether oxygens (including phenoxy) is 2. The van der Waals surface area contributed by atoms with Gasteiger partial charge in [0.25, 0.3) is 5.91 Å². The minimum Gasteiger partial charge on any atom is -0.423 e. The topological polar surface area (TPSA) is 72.9 Å². The third-order valence-electron chi connectivity index (χ3n) is 3.81. The Kier molecular flexibility index (Phi) is 6.96. The van der Waals surface area contributed by atoms with E-state index in [-0.39, 0.29) is 27.5 Å². The molecule has 1 amide bonds. The molecule has 29 heavy (non-hydrogen) atoms. The van der Waals surface area contributed by atoms with Crippen molar-refractivity contribution in [2.24, 2.45) is 0 Å². The van der Waals surface area contributed by atoms with Crippen LogP contribution in [-0.4, -0.2) is 24.9 Å². The minimum atomic E-state index is -0.598. The Morgan fingerprint density at radius 2 is 1.34 bits per heavy atom. The van der Waals surface area contributed by atoms with Gasteiger partial charge in [-0.15, -0.1) is 0 Å². The summed E-state index contributed by atoms with van der Waals surface area (Å²) in [4.78, 5) is 37.5. The van der Waals surface area contributed by atoms with Gasteiger partial charge in [0.2, 0.25) is 0 Å². The third-order valence-corrected chi connectivity index (χ3v) is 4.14. The number of carbonyl (C=O) groups is 3. The van der Waals surface area contributed by atoms with Crippen molar-refractivity contribution >= 4 is 35.1 Å². The number of hydrogen-bond donors (Lipinski definition) is 0. The van der Waals surface area contributed by atoms with Gasteiger partial charge in [-0.1, -0.05) is 24.8 Å². The maximum Gasteiger partial charge on any atom is 0.338 e. The van der Waals surface area contributed by atoms with Gasteiger partial charge in [-0.25, -0.2) is 9.59 Å². The summed E-state index contributed by atoms with van der Waals surface area (Å²) in [5.74, 6) is -1.03. The van der Waals surface area contributed by atoms with E-state index in [0.29, 0.717) is 11.4 Å². The second kappa shape index (κ2) is 9.21. The predicted molar refractivity (Wildman–Crippen MR) is 112 cm³/mol. The molecule has 6 nitrogen and oxygen atoms in total. The summed E-state index contributed by atoms with van der Waals surface area (Å²) in [6.07, 6.45) is 0. The van der Waals surface area contributed by atoms with Crippen LogP contribution in [0.5, 0.6) is 11.5 Å². The number of halogens is 1. The van der Waals surface area contributed by atoms with Crippen LogP contribution in [0, 0.1) is 0 Å². The molecule has 2 aromatic rings. The molecule has 0 N–H and O–H groups in total. The van der Waals surface area contributed by atoms with E-state index >= 15 is 0 Å². The van der Waals surface area contributed by atoms with Gasteiger partial charge in [-0.3, -0.25) is 4.79 Å². The lowest BCUT2D eigenvalue weighted by atomic mass is 10.1. The molecule has 0 saturated carbocycles. The molecule has 2 rings (SSSR count). The Balaban J connectivity index is 2.21. The summed E-state index contributed by atoms with van der Waals surface area (Å²) in [7, 11) is 1.57. The lowest BCUT2D eigenvalue weighted by Gasteiger charge is -2.19. The number of carbonyl (C=O) groups excluding carboxylic acids is 3. The number of anilines is 1. The van der Waals surface area contributed by atoms with Crippen molar-refractivity contribution in [2.45, 2.75) is 13.8 Å². The second-order valence-corrected chi connectivity index (χ2v) is 6.75. The highest BCUT2D eigenvalue weighted by Gasteiger charge is 2.19. The molecule has 0 saturated heterocycles. The summed E-state index contributed by atoms with van der Waals surface area (Å²) < 4.78 is 10.3. The highest BCUT2D eigenvalue weighted by molar-refractivity contribution is 6.34. The van der Waals surface area contributed by atoms with Crippen molar-refractivity contribution < 1.29 is 23.9 Å². The van der Waals surface area contributed by atoms with Crippen LogP contribution in [0.3, 0.4) is 0 Å². The Hall–Kier alpha value is -3.38. The Morgan fingerprint density at radius 1 is 0.862 bits per heavy atom. The molecular weight excluding hydrogens is 394 g/mol. The zero-order valence-corrected chi connectivity index (χ0v) is 17.1. The standard InChI is InChI=1S/C22H20ClNO5/c1-13(2)21(26)28-16-8-6-15(7-9-16)24(5)20(25)18-12-17(10-11-19(18)23)29-22(27)14(3)4/h6-12H,1,3H2,2,4-5H3. The van der Waals surface area contributed by atoms with Crippen LogP contribution in [0.15, 0.2) is 66.8 Å². The van der Waals surface area contributed by atoms with Crippen LogP contribution in [0.2, 0.25) is 5.02 Å². The van der Waals surface area contributed by atoms with E-state index in [9.17, 15) is 14.4 Å². The summed E-state index contributed by atoms with van der Waals surface area (Å²) in [6, 6.07) is 10.7. The lowest BCUT2D eigenvalue weighted by Crippen LogP contribution is -2.26. The van der Waals surface area contributed by atoms with E-state index < -0.39 is 17.8 Å². The van der Waals surface area contributed by atoms with Crippen LogP contribution >= 0.6 is 11.6 Å². The highest BCUT2D eigenvalue weighted by atomic mass is 35.5. The molecule has 0 radical (unpaired) electrons.